The van der Waals surface area contributed by atoms with E-state index in [4.69, 9.17) is 11.6 Å². The zero-order chi connectivity index (χ0) is 17.8. The highest BCUT2D eigenvalue weighted by Crippen LogP contribution is 2.29. The summed E-state index contributed by atoms with van der Waals surface area (Å²) in [5.41, 5.74) is 5.05. The molecule has 4 rings (SSSR count). The maximum absolute atomic E-state index is 6.01. The summed E-state index contributed by atoms with van der Waals surface area (Å²) in [6.45, 7) is 3.16. The lowest BCUT2D eigenvalue weighted by Crippen LogP contribution is -2.32. The molecule has 3 heteroatoms. The van der Waals surface area contributed by atoms with E-state index in [1.165, 1.54) is 29.5 Å². The van der Waals surface area contributed by atoms with Gasteiger partial charge in [0.25, 0.3) is 0 Å². The van der Waals surface area contributed by atoms with Crippen molar-refractivity contribution < 1.29 is 0 Å². The molecule has 1 saturated heterocycles. The number of likely N-dealkylation sites (tertiary alicyclic amines) is 1. The van der Waals surface area contributed by atoms with Crippen molar-refractivity contribution in [3.63, 3.8) is 0 Å². The SMILES string of the molecule is Clc1ccc(C2CCN(Cc3cc(-c4ccccc4)ccn3)CC2)cc1. The topological polar surface area (TPSA) is 16.1 Å². The van der Waals surface area contributed by atoms with Crippen LogP contribution in [0, 0.1) is 0 Å². The second-order valence-corrected chi connectivity index (χ2v) is 7.44. The minimum Gasteiger partial charge on any atom is -0.297 e. The zero-order valence-corrected chi connectivity index (χ0v) is 15.6. The predicted octanol–water partition coefficient (Wildman–Crippen LogP) is 5.78. The van der Waals surface area contributed by atoms with E-state index in [-0.39, 0.29) is 0 Å². The number of benzene rings is 2. The molecule has 0 atom stereocenters. The molecule has 0 radical (unpaired) electrons. The molecule has 0 unspecified atom stereocenters. The van der Waals surface area contributed by atoms with Crippen LogP contribution in [0.2, 0.25) is 5.02 Å². The molecule has 1 aliphatic heterocycles. The lowest BCUT2D eigenvalue weighted by molar-refractivity contribution is 0.202. The number of pyridine rings is 1. The van der Waals surface area contributed by atoms with Gasteiger partial charge in [0.05, 0.1) is 5.69 Å². The molecule has 0 aliphatic carbocycles. The van der Waals surface area contributed by atoms with E-state index in [9.17, 15) is 0 Å². The third-order valence-corrected chi connectivity index (χ3v) is 5.49. The van der Waals surface area contributed by atoms with E-state index in [2.05, 4.69) is 64.5 Å². The van der Waals surface area contributed by atoms with Gasteiger partial charge in [0.15, 0.2) is 0 Å². The standard InChI is InChI=1S/C23H23ClN2/c24-22-8-6-19(7-9-22)20-11-14-26(15-12-20)17-23-16-21(10-13-25-23)18-4-2-1-3-5-18/h1-10,13,16,20H,11-12,14-15,17H2. The number of piperidine rings is 1. The number of rotatable bonds is 4. The Morgan fingerprint density at radius 2 is 1.62 bits per heavy atom. The number of hydrogen-bond acceptors (Lipinski definition) is 2. The Hall–Kier alpha value is -2.16. The average molecular weight is 363 g/mol. The van der Waals surface area contributed by atoms with Crippen molar-refractivity contribution in [2.75, 3.05) is 13.1 Å². The first kappa shape index (κ1) is 17.3. The second-order valence-electron chi connectivity index (χ2n) is 7.00. The largest absolute Gasteiger partial charge is 0.297 e. The Bertz CT molecular complexity index is 838. The lowest BCUT2D eigenvalue weighted by Gasteiger charge is -2.32. The maximum Gasteiger partial charge on any atom is 0.0550 e. The van der Waals surface area contributed by atoms with Gasteiger partial charge >= 0.3 is 0 Å². The first-order valence-corrected chi connectivity index (χ1v) is 9.64. The van der Waals surface area contributed by atoms with Crippen LogP contribution < -0.4 is 0 Å². The Morgan fingerprint density at radius 1 is 0.885 bits per heavy atom. The zero-order valence-electron chi connectivity index (χ0n) is 14.8. The van der Waals surface area contributed by atoms with Crippen LogP contribution in [0.3, 0.4) is 0 Å². The van der Waals surface area contributed by atoms with Gasteiger partial charge in [-0.25, -0.2) is 0 Å². The van der Waals surface area contributed by atoms with Crippen molar-refractivity contribution in [3.05, 3.63) is 89.2 Å². The number of hydrogen-bond donors (Lipinski definition) is 0. The Balaban J connectivity index is 1.38. The van der Waals surface area contributed by atoms with Gasteiger partial charge < -0.3 is 0 Å². The Kier molecular flexibility index (Phi) is 5.33. The summed E-state index contributed by atoms with van der Waals surface area (Å²) < 4.78 is 0. The van der Waals surface area contributed by atoms with E-state index in [1.807, 2.05) is 18.3 Å². The molecule has 2 heterocycles. The predicted molar refractivity (Wildman–Crippen MR) is 108 cm³/mol. The van der Waals surface area contributed by atoms with E-state index >= 15 is 0 Å². The highest BCUT2D eigenvalue weighted by atomic mass is 35.5. The molecular weight excluding hydrogens is 340 g/mol. The Morgan fingerprint density at radius 3 is 2.35 bits per heavy atom. The second kappa shape index (κ2) is 8.03. The van der Waals surface area contributed by atoms with E-state index < -0.39 is 0 Å². The molecular formula is C23H23ClN2. The van der Waals surface area contributed by atoms with Crippen LogP contribution >= 0.6 is 11.6 Å². The van der Waals surface area contributed by atoms with Crippen LogP contribution in [0.4, 0.5) is 0 Å². The third kappa shape index (κ3) is 4.14. The van der Waals surface area contributed by atoms with Crippen LogP contribution in [-0.4, -0.2) is 23.0 Å². The van der Waals surface area contributed by atoms with Gasteiger partial charge in [-0.05, 0) is 72.8 Å². The minimum absolute atomic E-state index is 0.645. The first-order chi connectivity index (χ1) is 12.8. The quantitative estimate of drug-likeness (QED) is 0.584. The number of halogens is 1. The minimum atomic E-state index is 0.645. The van der Waals surface area contributed by atoms with Gasteiger partial charge in [-0.2, -0.15) is 0 Å². The van der Waals surface area contributed by atoms with E-state index in [0.717, 1.165) is 30.4 Å². The van der Waals surface area contributed by atoms with Crippen molar-refractivity contribution in [3.8, 4) is 11.1 Å². The molecule has 2 aromatic carbocycles. The summed E-state index contributed by atoms with van der Waals surface area (Å²) >= 11 is 6.01. The normalized spacial score (nSPS) is 15.9. The highest BCUT2D eigenvalue weighted by molar-refractivity contribution is 6.30. The summed E-state index contributed by atoms with van der Waals surface area (Å²) in [7, 11) is 0. The summed E-state index contributed by atoms with van der Waals surface area (Å²) in [5, 5.41) is 0.815. The molecule has 132 valence electrons. The number of nitrogens with zero attached hydrogens (tertiary/aromatic N) is 2. The maximum atomic E-state index is 6.01. The van der Waals surface area contributed by atoms with Crippen molar-refractivity contribution in [1.82, 2.24) is 9.88 Å². The van der Waals surface area contributed by atoms with Crippen LogP contribution in [0.5, 0.6) is 0 Å². The first-order valence-electron chi connectivity index (χ1n) is 9.26. The fraction of sp³-hybridized carbons (Fsp3) is 0.261. The molecule has 0 saturated carbocycles. The molecule has 1 aliphatic rings. The van der Waals surface area contributed by atoms with Crippen LogP contribution in [0.25, 0.3) is 11.1 Å². The van der Waals surface area contributed by atoms with Gasteiger partial charge in [-0.3, -0.25) is 9.88 Å². The van der Waals surface area contributed by atoms with Gasteiger partial charge in [0.2, 0.25) is 0 Å². The third-order valence-electron chi connectivity index (χ3n) is 5.24. The van der Waals surface area contributed by atoms with Crippen LogP contribution in [0.1, 0.15) is 30.0 Å². The smallest absolute Gasteiger partial charge is 0.0550 e. The van der Waals surface area contributed by atoms with Gasteiger partial charge in [-0.1, -0.05) is 54.1 Å². The highest BCUT2D eigenvalue weighted by Gasteiger charge is 2.21. The average Bonchev–Trinajstić information content (AvgIpc) is 2.70. The fourth-order valence-electron chi connectivity index (χ4n) is 3.76. The fourth-order valence-corrected chi connectivity index (χ4v) is 3.89. The van der Waals surface area contributed by atoms with Gasteiger partial charge in [0, 0.05) is 17.8 Å². The molecule has 0 N–H and O–H groups in total. The van der Waals surface area contributed by atoms with Crippen molar-refractivity contribution >= 4 is 11.6 Å². The van der Waals surface area contributed by atoms with E-state index in [0.29, 0.717) is 5.92 Å². The van der Waals surface area contributed by atoms with Crippen molar-refractivity contribution in [2.45, 2.75) is 25.3 Å². The molecule has 1 aromatic heterocycles. The van der Waals surface area contributed by atoms with Gasteiger partial charge in [0.1, 0.15) is 0 Å². The lowest BCUT2D eigenvalue weighted by atomic mass is 9.89. The van der Waals surface area contributed by atoms with Crippen molar-refractivity contribution in [1.29, 1.82) is 0 Å². The molecule has 1 fully saturated rings. The molecule has 0 bridgehead atoms. The number of aromatic nitrogens is 1. The van der Waals surface area contributed by atoms with E-state index in [1.54, 1.807) is 0 Å². The Labute approximate surface area is 160 Å². The molecule has 3 aromatic rings. The molecule has 0 spiro atoms. The molecule has 26 heavy (non-hydrogen) atoms. The summed E-state index contributed by atoms with van der Waals surface area (Å²) in [5.74, 6) is 0.645. The molecule has 2 nitrogen and oxygen atoms in total. The summed E-state index contributed by atoms with van der Waals surface area (Å²) in [4.78, 5) is 7.11. The summed E-state index contributed by atoms with van der Waals surface area (Å²) in [6.07, 6.45) is 4.32. The van der Waals surface area contributed by atoms with Crippen LogP contribution in [-0.2, 0) is 6.54 Å². The summed E-state index contributed by atoms with van der Waals surface area (Å²) in [6, 6.07) is 23.2. The van der Waals surface area contributed by atoms with Crippen molar-refractivity contribution in [2.24, 2.45) is 0 Å². The molecule has 0 amide bonds. The monoisotopic (exact) mass is 362 g/mol. The van der Waals surface area contributed by atoms with Crippen LogP contribution in [0.15, 0.2) is 72.9 Å². The van der Waals surface area contributed by atoms with Gasteiger partial charge in [-0.15, -0.1) is 0 Å².